The summed E-state index contributed by atoms with van der Waals surface area (Å²) in [5.74, 6) is 0.509. The Morgan fingerprint density at radius 2 is 1.80 bits per heavy atom. The van der Waals surface area contributed by atoms with Crippen molar-refractivity contribution in [2.75, 3.05) is 18.5 Å². The first-order valence-corrected chi connectivity index (χ1v) is 7.03. The summed E-state index contributed by atoms with van der Waals surface area (Å²) in [7, 11) is 0. The molecule has 1 saturated heterocycles. The van der Waals surface area contributed by atoms with Crippen molar-refractivity contribution >= 4 is 11.6 Å². The third-order valence-corrected chi connectivity index (χ3v) is 3.51. The number of ether oxygens (including phenoxy) is 1. The minimum Gasteiger partial charge on any atom is -0.372 e. The van der Waals surface area contributed by atoms with Gasteiger partial charge in [0.2, 0.25) is 5.96 Å². The van der Waals surface area contributed by atoms with Crippen LogP contribution in [0.3, 0.4) is 0 Å². The summed E-state index contributed by atoms with van der Waals surface area (Å²) >= 11 is 0. The Bertz CT molecular complexity index is 470. The zero-order valence-electron chi connectivity index (χ0n) is 12.7. The molecule has 0 radical (unpaired) electrons. The van der Waals surface area contributed by atoms with E-state index >= 15 is 0 Å². The summed E-state index contributed by atoms with van der Waals surface area (Å²) in [4.78, 5) is 2.06. The first-order chi connectivity index (χ1) is 9.47. The van der Waals surface area contributed by atoms with Crippen LogP contribution in [0, 0.1) is 13.8 Å². The molecular weight excluding hydrogens is 252 g/mol. The van der Waals surface area contributed by atoms with E-state index in [1.54, 1.807) is 0 Å². The summed E-state index contributed by atoms with van der Waals surface area (Å²) in [5.41, 5.74) is 12.5. The molecule has 1 heterocycles. The van der Waals surface area contributed by atoms with Gasteiger partial charge in [-0.2, -0.15) is 0 Å². The fourth-order valence-electron chi connectivity index (χ4n) is 2.54. The van der Waals surface area contributed by atoms with Crippen LogP contribution in [0.15, 0.2) is 23.3 Å². The lowest BCUT2D eigenvalue weighted by Crippen LogP contribution is -2.51. The molecule has 5 heteroatoms. The number of rotatable bonds is 2. The first-order valence-electron chi connectivity index (χ1n) is 7.03. The molecule has 1 aromatic rings. The Kier molecular flexibility index (Phi) is 4.49. The fraction of sp³-hybridized carbons (Fsp3) is 0.533. The van der Waals surface area contributed by atoms with E-state index in [4.69, 9.17) is 10.5 Å². The van der Waals surface area contributed by atoms with Gasteiger partial charge in [-0.25, -0.2) is 0 Å². The molecule has 0 saturated carbocycles. The molecule has 2 atom stereocenters. The number of anilines is 1. The topological polar surface area (TPSA) is 62.9 Å². The maximum atomic E-state index is 6.08. The largest absolute Gasteiger partial charge is 0.372 e. The van der Waals surface area contributed by atoms with Crippen LogP contribution in [0.2, 0.25) is 0 Å². The van der Waals surface area contributed by atoms with Crippen LogP contribution in [0.4, 0.5) is 5.69 Å². The Morgan fingerprint density at radius 1 is 1.25 bits per heavy atom. The van der Waals surface area contributed by atoms with E-state index < -0.39 is 0 Å². The third kappa shape index (κ3) is 3.42. The second-order valence-electron chi connectivity index (χ2n) is 5.51. The maximum absolute atomic E-state index is 6.08. The molecule has 20 heavy (non-hydrogen) atoms. The van der Waals surface area contributed by atoms with Crippen molar-refractivity contribution in [3.63, 3.8) is 0 Å². The molecule has 1 aliphatic rings. The van der Waals surface area contributed by atoms with Crippen molar-refractivity contribution in [1.29, 1.82) is 0 Å². The molecule has 0 aromatic heterocycles. The number of aryl methyl sites for hydroxylation is 2. The maximum Gasteiger partial charge on any atom is 0.214 e. The van der Waals surface area contributed by atoms with Gasteiger partial charge in [-0.05, 0) is 38.8 Å². The number of nitrogens with one attached hydrogen (secondary N) is 1. The summed E-state index contributed by atoms with van der Waals surface area (Å²) in [6.45, 7) is 9.76. The monoisotopic (exact) mass is 276 g/mol. The summed E-state index contributed by atoms with van der Waals surface area (Å²) in [5, 5.41) is 4.32. The van der Waals surface area contributed by atoms with Gasteiger partial charge in [0.25, 0.3) is 0 Å². The van der Waals surface area contributed by atoms with Gasteiger partial charge in [-0.15, -0.1) is 5.10 Å². The van der Waals surface area contributed by atoms with E-state index in [1.807, 2.05) is 6.07 Å². The smallest absolute Gasteiger partial charge is 0.214 e. The van der Waals surface area contributed by atoms with Gasteiger partial charge in [-0.3, -0.25) is 5.43 Å². The summed E-state index contributed by atoms with van der Waals surface area (Å²) in [6, 6.07) is 6.15. The Labute approximate surface area is 120 Å². The van der Waals surface area contributed by atoms with Crippen molar-refractivity contribution in [3.05, 3.63) is 29.3 Å². The van der Waals surface area contributed by atoms with Crippen LogP contribution >= 0.6 is 0 Å². The van der Waals surface area contributed by atoms with Crippen molar-refractivity contribution in [1.82, 2.24) is 4.90 Å². The van der Waals surface area contributed by atoms with E-state index in [9.17, 15) is 0 Å². The molecule has 110 valence electrons. The fourth-order valence-corrected chi connectivity index (χ4v) is 2.54. The highest BCUT2D eigenvalue weighted by Crippen LogP contribution is 2.19. The molecule has 0 spiro atoms. The van der Waals surface area contributed by atoms with Crippen LogP contribution in [0.25, 0.3) is 0 Å². The Morgan fingerprint density at radius 3 is 2.35 bits per heavy atom. The van der Waals surface area contributed by atoms with E-state index in [2.05, 4.69) is 55.3 Å². The van der Waals surface area contributed by atoms with Gasteiger partial charge >= 0.3 is 0 Å². The van der Waals surface area contributed by atoms with Crippen molar-refractivity contribution < 1.29 is 4.74 Å². The van der Waals surface area contributed by atoms with Crippen molar-refractivity contribution in [2.45, 2.75) is 39.9 Å². The second-order valence-corrected chi connectivity index (χ2v) is 5.51. The van der Waals surface area contributed by atoms with Gasteiger partial charge in [0.1, 0.15) is 0 Å². The molecule has 2 unspecified atom stereocenters. The molecule has 0 bridgehead atoms. The average molecular weight is 276 g/mol. The van der Waals surface area contributed by atoms with E-state index in [0.29, 0.717) is 5.96 Å². The highest BCUT2D eigenvalue weighted by atomic mass is 16.5. The zero-order valence-corrected chi connectivity index (χ0v) is 12.7. The number of morpholine rings is 1. The number of hydrogen-bond donors (Lipinski definition) is 2. The number of hydrogen-bond acceptors (Lipinski definition) is 3. The number of nitrogens with zero attached hydrogens (tertiary/aromatic N) is 2. The van der Waals surface area contributed by atoms with Gasteiger partial charge in [-0.1, -0.05) is 18.2 Å². The lowest BCUT2D eigenvalue weighted by atomic mass is 10.1. The van der Waals surface area contributed by atoms with Gasteiger partial charge in [0.15, 0.2) is 0 Å². The van der Waals surface area contributed by atoms with Crippen molar-refractivity contribution in [2.24, 2.45) is 10.8 Å². The molecule has 5 nitrogen and oxygen atoms in total. The molecular formula is C15H24N4O. The zero-order chi connectivity index (χ0) is 14.7. The average Bonchev–Trinajstić information content (AvgIpc) is 2.36. The second kappa shape index (κ2) is 6.13. The number of nitrogens with two attached hydrogens (primary N) is 1. The standard InChI is InChI=1S/C15H24N4O/c1-10-6-5-7-11(2)14(10)17-18-15(16)19-8-12(3)20-13(4)9-19/h5-7,12-13,17H,8-9H2,1-4H3,(H2,16,18). The Balaban J connectivity index is 2.07. The van der Waals surface area contributed by atoms with Crippen LogP contribution in [-0.2, 0) is 4.74 Å². The molecule has 0 aliphatic carbocycles. The minimum absolute atomic E-state index is 0.174. The quantitative estimate of drug-likeness (QED) is 0.493. The lowest BCUT2D eigenvalue weighted by Gasteiger charge is -2.35. The highest BCUT2D eigenvalue weighted by Gasteiger charge is 2.23. The van der Waals surface area contributed by atoms with E-state index in [-0.39, 0.29) is 12.2 Å². The number of benzene rings is 1. The minimum atomic E-state index is 0.174. The number of hydrazone groups is 1. The van der Waals surface area contributed by atoms with Gasteiger partial charge in [0, 0.05) is 13.1 Å². The predicted molar refractivity (Wildman–Crippen MR) is 82.7 cm³/mol. The van der Waals surface area contributed by atoms with Crippen LogP contribution in [0.5, 0.6) is 0 Å². The van der Waals surface area contributed by atoms with Crippen LogP contribution < -0.4 is 11.2 Å². The first kappa shape index (κ1) is 14.7. The highest BCUT2D eigenvalue weighted by molar-refractivity contribution is 5.79. The van der Waals surface area contributed by atoms with E-state index in [0.717, 1.165) is 29.9 Å². The van der Waals surface area contributed by atoms with Crippen molar-refractivity contribution in [3.8, 4) is 0 Å². The van der Waals surface area contributed by atoms with Crippen LogP contribution in [-0.4, -0.2) is 36.2 Å². The van der Waals surface area contributed by atoms with E-state index in [1.165, 1.54) is 0 Å². The lowest BCUT2D eigenvalue weighted by molar-refractivity contribution is -0.0483. The predicted octanol–water partition coefficient (Wildman–Crippen LogP) is 2.05. The third-order valence-electron chi connectivity index (χ3n) is 3.51. The molecule has 3 N–H and O–H groups in total. The van der Waals surface area contributed by atoms with Gasteiger partial charge < -0.3 is 15.4 Å². The van der Waals surface area contributed by atoms with Crippen LogP contribution in [0.1, 0.15) is 25.0 Å². The molecule has 2 rings (SSSR count). The summed E-state index contributed by atoms with van der Waals surface area (Å²) in [6.07, 6.45) is 0.348. The van der Waals surface area contributed by atoms with Gasteiger partial charge in [0.05, 0.1) is 17.9 Å². The Hall–Kier alpha value is -1.75. The summed E-state index contributed by atoms with van der Waals surface area (Å²) < 4.78 is 5.69. The molecule has 1 aromatic carbocycles. The molecule has 1 fully saturated rings. The SMILES string of the molecule is Cc1cccc(C)c1N/N=C(\N)N1CC(C)OC(C)C1. The normalized spacial score (nSPS) is 23.8. The molecule has 1 aliphatic heterocycles. The molecule has 0 amide bonds. The number of guanidine groups is 1. The number of para-hydroxylation sites is 1.